The molecule has 0 unspecified atom stereocenters. The largest absolute Gasteiger partial charge is 0.493 e. The Bertz CT molecular complexity index is 1280. The van der Waals surface area contributed by atoms with Crippen LogP contribution in [0.2, 0.25) is 0 Å². The molecule has 4 rings (SSSR count). The monoisotopic (exact) mass is 531 g/mol. The third kappa shape index (κ3) is 6.61. The lowest BCUT2D eigenvalue weighted by atomic mass is 10.1. The van der Waals surface area contributed by atoms with Gasteiger partial charge in [-0.05, 0) is 67.3 Å². The summed E-state index contributed by atoms with van der Waals surface area (Å²) in [4.78, 5) is 17.3. The molecule has 0 aliphatic carbocycles. The van der Waals surface area contributed by atoms with Crippen molar-refractivity contribution >= 4 is 32.9 Å². The van der Waals surface area contributed by atoms with Crippen LogP contribution in [0.1, 0.15) is 34.6 Å². The second-order valence-electron chi connectivity index (χ2n) is 8.34. The fraction of sp³-hybridized carbons (Fsp3) is 0.241. The maximum absolute atomic E-state index is 12.5. The van der Waals surface area contributed by atoms with Crippen LogP contribution in [0.15, 0.2) is 89.9 Å². The van der Waals surface area contributed by atoms with E-state index in [0.29, 0.717) is 25.1 Å². The first-order chi connectivity index (χ1) is 17.2. The normalized spacial score (nSPS) is 10.9. The van der Waals surface area contributed by atoms with Gasteiger partial charge in [0.25, 0.3) is 5.91 Å². The molecule has 0 radical (unpaired) electrons. The number of halogens is 1. The number of benzene rings is 3. The first-order valence-corrected chi connectivity index (χ1v) is 12.7. The van der Waals surface area contributed by atoms with Gasteiger partial charge in [0.05, 0.1) is 17.6 Å². The molecule has 0 saturated heterocycles. The Balaban J connectivity index is 1.33. The maximum Gasteiger partial charge on any atom is 0.251 e. The number of aryl methyl sites for hydroxylation is 1. The number of allylic oxidation sites excluding steroid dienone is 1. The molecule has 0 fully saturated rings. The number of imidazole rings is 1. The van der Waals surface area contributed by atoms with Crippen LogP contribution in [-0.4, -0.2) is 28.6 Å². The van der Waals surface area contributed by atoms with Gasteiger partial charge in [0, 0.05) is 29.5 Å². The highest BCUT2D eigenvalue weighted by Crippen LogP contribution is 2.20. The number of amides is 1. The summed E-state index contributed by atoms with van der Waals surface area (Å²) >= 11 is 3.40. The molecule has 1 N–H and O–H groups in total. The van der Waals surface area contributed by atoms with Crippen LogP contribution in [0, 0.1) is 0 Å². The number of unbranched alkanes of at least 4 members (excludes halogenated alkanes) is 1. The number of para-hydroxylation sites is 3. The summed E-state index contributed by atoms with van der Waals surface area (Å²) < 4.78 is 9.27. The maximum atomic E-state index is 12.5. The minimum absolute atomic E-state index is 0.0750. The fourth-order valence-electron chi connectivity index (χ4n) is 4.08. The van der Waals surface area contributed by atoms with E-state index in [-0.39, 0.29) is 5.91 Å². The molecule has 0 spiro atoms. The zero-order valence-corrected chi connectivity index (χ0v) is 21.3. The zero-order valence-electron chi connectivity index (χ0n) is 19.8. The third-order valence-electron chi connectivity index (χ3n) is 5.84. The Morgan fingerprint density at radius 2 is 1.80 bits per heavy atom. The molecule has 180 valence electrons. The Labute approximate surface area is 215 Å². The zero-order chi connectivity index (χ0) is 24.5. The lowest BCUT2D eigenvalue weighted by Crippen LogP contribution is -2.26. The van der Waals surface area contributed by atoms with Crippen molar-refractivity contribution in [2.75, 3.05) is 13.2 Å². The van der Waals surface area contributed by atoms with E-state index < -0.39 is 0 Å². The average molecular weight is 532 g/mol. The summed E-state index contributed by atoms with van der Waals surface area (Å²) in [5.74, 6) is 1.84. The van der Waals surface area contributed by atoms with Crippen LogP contribution < -0.4 is 10.1 Å². The van der Waals surface area contributed by atoms with E-state index in [1.54, 1.807) is 0 Å². The van der Waals surface area contributed by atoms with Crippen LogP contribution in [-0.2, 0) is 19.4 Å². The highest BCUT2D eigenvalue weighted by atomic mass is 79.9. The van der Waals surface area contributed by atoms with Gasteiger partial charge in [0.2, 0.25) is 0 Å². The molecule has 35 heavy (non-hydrogen) atoms. The van der Waals surface area contributed by atoms with Gasteiger partial charge < -0.3 is 14.6 Å². The van der Waals surface area contributed by atoms with E-state index in [2.05, 4.69) is 44.5 Å². The van der Waals surface area contributed by atoms with Crippen LogP contribution in [0.25, 0.3) is 11.0 Å². The summed E-state index contributed by atoms with van der Waals surface area (Å²) in [6, 6.07) is 23.7. The van der Waals surface area contributed by atoms with Gasteiger partial charge in [0.1, 0.15) is 11.6 Å². The minimum atomic E-state index is -0.0750. The van der Waals surface area contributed by atoms with Crippen molar-refractivity contribution in [3.8, 4) is 5.75 Å². The first kappa shape index (κ1) is 24.7. The number of carbonyl (C=O) groups is 1. The quantitative estimate of drug-likeness (QED) is 0.171. The molecule has 1 heterocycles. The molecule has 1 amide bonds. The molecule has 0 bridgehead atoms. The number of rotatable bonds is 12. The van der Waals surface area contributed by atoms with Gasteiger partial charge in [0.15, 0.2) is 0 Å². The molecule has 0 aliphatic heterocycles. The van der Waals surface area contributed by atoms with E-state index in [4.69, 9.17) is 9.72 Å². The summed E-state index contributed by atoms with van der Waals surface area (Å²) in [7, 11) is 0. The summed E-state index contributed by atoms with van der Waals surface area (Å²) in [5, 5.41) is 3.01. The highest BCUT2D eigenvalue weighted by Gasteiger charge is 2.11. The molecular formula is C29H30BrN3O2. The van der Waals surface area contributed by atoms with Crippen molar-refractivity contribution in [3.63, 3.8) is 0 Å². The number of nitrogens with one attached hydrogen (secondary N) is 1. The number of hydrogen-bond acceptors (Lipinski definition) is 3. The standard InChI is InChI=1S/C29H30BrN3O2/c1-2-9-22-10-3-6-13-27(22)35-21-8-7-20-33-26-12-5-4-11-25(26)32-28(33)18-19-31-29(34)23-14-16-24(30)17-15-23/h2-6,10-17H,1,7-9,18-21H2,(H,31,34). The van der Waals surface area contributed by atoms with Gasteiger partial charge in [-0.25, -0.2) is 4.98 Å². The van der Waals surface area contributed by atoms with Gasteiger partial charge in [-0.2, -0.15) is 0 Å². The van der Waals surface area contributed by atoms with Crippen LogP contribution >= 0.6 is 15.9 Å². The lowest BCUT2D eigenvalue weighted by molar-refractivity contribution is 0.0954. The second kappa shape index (κ2) is 12.4. The molecule has 4 aromatic rings. The molecule has 6 heteroatoms. The van der Waals surface area contributed by atoms with Crippen LogP contribution in [0.3, 0.4) is 0 Å². The van der Waals surface area contributed by atoms with Crippen LogP contribution in [0.4, 0.5) is 0 Å². The number of carbonyl (C=O) groups excluding carboxylic acids is 1. The molecule has 1 aromatic heterocycles. The van der Waals surface area contributed by atoms with Gasteiger partial charge in [-0.15, -0.1) is 6.58 Å². The van der Waals surface area contributed by atoms with Crippen molar-refractivity contribution in [1.82, 2.24) is 14.9 Å². The Kier molecular flexibility index (Phi) is 8.74. The van der Waals surface area contributed by atoms with Crippen molar-refractivity contribution in [3.05, 3.63) is 107 Å². The first-order valence-electron chi connectivity index (χ1n) is 11.9. The average Bonchev–Trinajstić information content (AvgIpc) is 3.22. The Morgan fingerprint density at radius 3 is 2.63 bits per heavy atom. The van der Waals surface area contributed by atoms with Crippen molar-refractivity contribution in [2.45, 2.75) is 32.2 Å². The number of fused-ring (bicyclic) bond motifs is 1. The number of aromatic nitrogens is 2. The van der Waals surface area contributed by atoms with E-state index in [0.717, 1.165) is 58.5 Å². The van der Waals surface area contributed by atoms with E-state index in [1.165, 1.54) is 0 Å². The number of nitrogens with zero attached hydrogens (tertiary/aromatic N) is 2. The number of hydrogen-bond donors (Lipinski definition) is 1. The number of ether oxygens (including phenoxy) is 1. The molecule has 0 saturated carbocycles. The molecular weight excluding hydrogens is 502 g/mol. The Morgan fingerprint density at radius 1 is 1.03 bits per heavy atom. The van der Waals surface area contributed by atoms with Gasteiger partial charge >= 0.3 is 0 Å². The highest BCUT2D eigenvalue weighted by molar-refractivity contribution is 9.10. The van der Waals surface area contributed by atoms with Crippen molar-refractivity contribution in [2.24, 2.45) is 0 Å². The lowest BCUT2D eigenvalue weighted by Gasteiger charge is -2.12. The molecule has 5 nitrogen and oxygen atoms in total. The van der Waals surface area contributed by atoms with Crippen molar-refractivity contribution < 1.29 is 9.53 Å². The third-order valence-corrected chi connectivity index (χ3v) is 6.37. The smallest absolute Gasteiger partial charge is 0.251 e. The summed E-state index contributed by atoms with van der Waals surface area (Å²) in [6.07, 6.45) is 5.29. The Hall–Kier alpha value is -3.38. The molecule has 0 atom stereocenters. The van der Waals surface area contributed by atoms with E-state index in [1.807, 2.05) is 66.7 Å². The SMILES string of the molecule is C=CCc1ccccc1OCCCCn1c(CCNC(=O)c2ccc(Br)cc2)nc2ccccc21. The van der Waals surface area contributed by atoms with Gasteiger partial charge in [-0.3, -0.25) is 4.79 Å². The van der Waals surface area contributed by atoms with Crippen LogP contribution in [0.5, 0.6) is 5.75 Å². The van der Waals surface area contributed by atoms with E-state index in [9.17, 15) is 4.79 Å². The summed E-state index contributed by atoms with van der Waals surface area (Å²) in [6.45, 7) is 5.88. The molecule has 0 aliphatic rings. The summed E-state index contributed by atoms with van der Waals surface area (Å²) in [5.41, 5.74) is 3.92. The van der Waals surface area contributed by atoms with Gasteiger partial charge in [-0.1, -0.05) is 52.3 Å². The fourth-order valence-corrected chi connectivity index (χ4v) is 4.34. The van der Waals surface area contributed by atoms with E-state index >= 15 is 0 Å². The predicted molar refractivity (Wildman–Crippen MR) is 145 cm³/mol. The second-order valence-corrected chi connectivity index (χ2v) is 9.25. The predicted octanol–water partition coefficient (Wildman–Crippen LogP) is 6.36. The topological polar surface area (TPSA) is 56.1 Å². The van der Waals surface area contributed by atoms with Crippen molar-refractivity contribution in [1.29, 1.82) is 0 Å². The minimum Gasteiger partial charge on any atom is -0.493 e. The molecule has 3 aromatic carbocycles.